The predicted molar refractivity (Wildman–Crippen MR) is 88.2 cm³/mol. The van der Waals surface area contributed by atoms with Gasteiger partial charge in [-0.05, 0) is 42.2 Å². The topological polar surface area (TPSA) is 67.2 Å². The molecular formula is C16H23N3O2S. The van der Waals surface area contributed by atoms with E-state index in [0.717, 1.165) is 17.8 Å². The van der Waals surface area contributed by atoms with Gasteiger partial charge >= 0.3 is 0 Å². The molecule has 0 bridgehead atoms. The number of hydrogen-bond donors (Lipinski definition) is 2. The summed E-state index contributed by atoms with van der Waals surface area (Å²) in [6.07, 6.45) is 1.77. The van der Waals surface area contributed by atoms with E-state index >= 15 is 0 Å². The average Bonchev–Trinajstić information content (AvgIpc) is 3.13. The van der Waals surface area contributed by atoms with Crippen molar-refractivity contribution in [3.8, 4) is 0 Å². The maximum atomic E-state index is 12.4. The lowest BCUT2D eigenvalue weighted by atomic mass is 9.99. The highest BCUT2D eigenvalue weighted by Crippen LogP contribution is 2.23. The number of rotatable bonds is 6. The van der Waals surface area contributed by atoms with E-state index in [9.17, 15) is 9.90 Å². The number of aromatic nitrogens is 2. The molecule has 0 saturated carbocycles. The fourth-order valence-corrected chi connectivity index (χ4v) is 3.00. The molecule has 5 nitrogen and oxygen atoms in total. The van der Waals surface area contributed by atoms with Crippen LogP contribution in [0.5, 0.6) is 0 Å². The third-order valence-electron chi connectivity index (χ3n) is 3.64. The number of hydrogen-bond acceptors (Lipinski definition) is 4. The lowest BCUT2D eigenvalue weighted by molar-refractivity contribution is 0.0529. The molecule has 0 aliphatic heterocycles. The number of nitrogens with zero attached hydrogens (tertiary/aromatic N) is 2. The van der Waals surface area contributed by atoms with E-state index in [2.05, 4.69) is 10.4 Å². The van der Waals surface area contributed by atoms with Crippen molar-refractivity contribution in [1.82, 2.24) is 15.1 Å². The van der Waals surface area contributed by atoms with Crippen LogP contribution in [0.4, 0.5) is 0 Å². The minimum Gasteiger partial charge on any atom is -0.384 e. The monoisotopic (exact) mass is 321 g/mol. The van der Waals surface area contributed by atoms with Crippen LogP contribution >= 0.6 is 11.3 Å². The molecule has 6 heteroatoms. The normalized spacial score (nSPS) is 14.1. The first-order valence-electron chi connectivity index (χ1n) is 7.45. The molecule has 0 aromatic carbocycles. The van der Waals surface area contributed by atoms with Crippen LogP contribution < -0.4 is 5.32 Å². The van der Waals surface area contributed by atoms with Crippen molar-refractivity contribution in [3.05, 3.63) is 39.8 Å². The summed E-state index contributed by atoms with van der Waals surface area (Å²) in [6, 6.07) is 1.87. The summed E-state index contributed by atoms with van der Waals surface area (Å²) in [5.74, 6) is -0.0233. The van der Waals surface area contributed by atoms with Gasteiger partial charge in [-0.15, -0.1) is 0 Å². The van der Waals surface area contributed by atoms with Crippen LogP contribution in [0, 0.1) is 0 Å². The molecule has 1 unspecified atom stereocenters. The zero-order chi connectivity index (χ0) is 16.3. The fourth-order valence-electron chi connectivity index (χ4n) is 2.22. The first-order valence-corrected chi connectivity index (χ1v) is 8.40. The minimum atomic E-state index is -1.07. The van der Waals surface area contributed by atoms with E-state index in [1.807, 2.05) is 37.6 Å². The summed E-state index contributed by atoms with van der Waals surface area (Å²) in [5.41, 5.74) is 1.10. The Labute approximate surface area is 135 Å². The summed E-state index contributed by atoms with van der Waals surface area (Å²) in [4.78, 5) is 12.4. The summed E-state index contributed by atoms with van der Waals surface area (Å²) < 4.78 is 1.77. The second kappa shape index (κ2) is 6.62. The predicted octanol–water partition coefficient (Wildman–Crippen LogP) is 2.73. The van der Waals surface area contributed by atoms with Crippen LogP contribution in [0.25, 0.3) is 0 Å². The van der Waals surface area contributed by atoms with E-state index in [-0.39, 0.29) is 18.4 Å². The summed E-state index contributed by atoms with van der Waals surface area (Å²) >= 11 is 1.52. The largest absolute Gasteiger partial charge is 0.384 e. The number of aryl methyl sites for hydroxylation is 1. The number of carbonyl (C=O) groups excluding carboxylic acids is 1. The van der Waals surface area contributed by atoms with E-state index < -0.39 is 5.60 Å². The molecule has 2 heterocycles. The maximum absolute atomic E-state index is 12.4. The second-order valence-electron chi connectivity index (χ2n) is 5.91. The maximum Gasteiger partial charge on any atom is 0.254 e. The number of amides is 1. The van der Waals surface area contributed by atoms with Gasteiger partial charge < -0.3 is 10.4 Å². The van der Waals surface area contributed by atoms with Gasteiger partial charge in [0.1, 0.15) is 5.60 Å². The lowest BCUT2D eigenvalue weighted by Crippen LogP contribution is -2.38. The Kier molecular flexibility index (Phi) is 5.03. The molecule has 120 valence electrons. The first-order chi connectivity index (χ1) is 10.3. The molecule has 0 saturated heterocycles. The third-order valence-corrected chi connectivity index (χ3v) is 4.33. The van der Waals surface area contributed by atoms with Gasteiger partial charge in [-0.1, -0.05) is 13.8 Å². The Balaban J connectivity index is 2.11. The molecule has 2 aromatic heterocycles. The van der Waals surface area contributed by atoms with E-state index in [1.165, 1.54) is 11.3 Å². The van der Waals surface area contributed by atoms with Crippen molar-refractivity contribution in [2.75, 3.05) is 6.54 Å². The van der Waals surface area contributed by atoms with Gasteiger partial charge in [0.2, 0.25) is 0 Å². The Hall–Kier alpha value is -1.66. The highest BCUT2D eigenvalue weighted by molar-refractivity contribution is 7.08. The Morgan fingerprint density at radius 2 is 2.27 bits per heavy atom. The Bertz CT molecular complexity index is 630. The van der Waals surface area contributed by atoms with Gasteiger partial charge in [0, 0.05) is 12.7 Å². The highest BCUT2D eigenvalue weighted by Gasteiger charge is 2.26. The first kappa shape index (κ1) is 16.7. The van der Waals surface area contributed by atoms with Crippen LogP contribution in [0.1, 0.15) is 55.2 Å². The standard InChI is InChI=1S/C16H23N3O2S/c1-5-19-8-13(14(18-19)11(2)3)15(20)17-10-16(4,21)12-6-7-22-9-12/h6-9,11,21H,5,10H2,1-4H3,(H,17,20). The van der Waals surface area contributed by atoms with Gasteiger partial charge in [-0.2, -0.15) is 16.4 Å². The zero-order valence-electron chi connectivity index (χ0n) is 13.5. The molecule has 1 atom stereocenters. The van der Waals surface area contributed by atoms with Crippen LogP contribution in [0.3, 0.4) is 0 Å². The van der Waals surface area contributed by atoms with Crippen LogP contribution in [-0.2, 0) is 12.1 Å². The van der Waals surface area contributed by atoms with Gasteiger partial charge in [-0.25, -0.2) is 0 Å². The van der Waals surface area contributed by atoms with E-state index in [4.69, 9.17) is 0 Å². The molecule has 2 aromatic rings. The Morgan fingerprint density at radius 3 is 2.82 bits per heavy atom. The zero-order valence-corrected chi connectivity index (χ0v) is 14.3. The number of aliphatic hydroxyl groups is 1. The molecular weight excluding hydrogens is 298 g/mol. The smallest absolute Gasteiger partial charge is 0.254 e. The summed E-state index contributed by atoms with van der Waals surface area (Å²) in [6.45, 7) is 8.60. The molecule has 1 amide bonds. The van der Waals surface area contributed by atoms with Crippen LogP contribution in [0.2, 0.25) is 0 Å². The molecule has 0 aliphatic rings. The van der Waals surface area contributed by atoms with Crippen LogP contribution in [0.15, 0.2) is 23.0 Å². The number of thiophene rings is 1. The molecule has 0 aliphatic carbocycles. The Morgan fingerprint density at radius 1 is 1.55 bits per heavy atom. The van der Waals surface area contributed by atoms with Crippen molar-refractivity contribution in [2.24, 2.45) is 0 Å². The van der Waals surface area contributed by atoms with Gasteiger partial charge in [0.15, 0.2) is 0 Å². The number of nitrogens with one attached hydrogen (secondary N) is 1. The summed E-state index contributed by atoms with van der Waals surface area (Å²) in [7, 11) is 0. The fraction of sp³-hybridized carbons (Fsp3) is 0.500. The molecule has 2 rings (SSSR count). The van der Waals surface area contributed by atoms with Gasteiger partial charge in [-0.3, -0.25) is 9.48 Å². The molecule has 0 radical (unpaired) electrons. The number of carbonyl (C=O) groups is 1. The van der Waals surface area contributed by atoms with E-state index in [1.54, 1.807) is 17.8 Å². The van der Waals surface area contributed by atoms with Crippen molar-refractivity contribution in [3.63, 3.8) is 0 Å². The van der Waals surface area contributed by atoms with Crippen molar-refractivity contribution in [1.29, 1.82) is 0 Å². The van der Waals surface area contributed by atoms with Gasteiger partial charge in [0.05, 0.1) is 17.8 Å². The quantitative estimate of drug-likeness (QED) is 0.859. The average molecular weight is 321 g/mol. The molecule has 22 heavy (non-hydrogen) atoms. The van der Waals surface area contributed by atoms with E-state index in [0.29, 0.717) is 5.56 Å². The molecule has 0 fully saturated rings. The molecule has 0 spiro atoms. The second-order valence-corrected chi connectivity index (χ2v) is 6.69. The van der Waals surface area contributed by atoms with Crippen LogP contribution in [-0.4, -0.2) is 27.3 Å². The SMILES string of the molecule is CCn1cc(C(=O)NCC(C)(O)c2ccsc2)c(C(C)C)n1. The lowest BCUT2D eigenvalue weighted by Gasteiger charge is -2.22. The summed E-state index contributed by atoms with van der Waals surface area (Å²) in [5, 5.41) is 21.5. The minimum absolute atomic E-state index is 0.164. The van der Waals surface area contributed by atoms with Crippen molar-refractivity contribution >= 4 is 17.2 Å². The third kappa shape index (κ3) is 3.56. The molecule has 2 N–H and O–H groups in total. The highest BCUT2D eigenvalue weighted by atomic mass is 32.1. The van der Waals surface area contributed by atoms with Gasteiger partial charge in [0.25, 0.3) is 5.91 Å². The van der Waals surface area contributed by atoms with Crippen molar-refractivity contribution in [2.45, 2.75) is 45.8 Å². The van der Waals surface area contributed by atoms with Crippen molar-refractivity contribution < 1.29 is 9.90 Å².